The van der Waals surface area contributed by atoms with Crippen LogP contribution in [0, 0.1) is 5.82 Å². The van der Waals surface area contributed by atoms with Crippen LogP contribution in [0.1, 0.15) is 70.8 Å². The van der Waals surface area contributed by atoms with Crippen molar-refractivity contribution in [3.05, 3.63) is 59.2 Å². The van der Waals surface area contributed by atoms with Crippen molar-refractivity contribution in [3.8, 4) is 0 Å². The molecule has 0 spiro atoms. The number of carbonyl (C=O) groups excluding carboxylic acids is 1. The van der Waals surface area contributed by atoms with E-state index in [2.05, 4.69) is 23.7 Å². The molecule has 1 aliphatic carbocycles. The Kier molecular flexibility index (Phi) is 7.57. The van der Waals surface area contributed by atoms with Crippen molar-refractivity contribution in [3.63, 3.8) is 0 Å². The summed E-state index contributed by atoms with van der Waals surface area (Å²) < 4.78 is 26.1. The molecule has 1 aromatic rings. The van der Waals surface area contributed by atoms with E-state index in [4.69, 9.17) is 0 Å². The molecule has 1 saturated heterocycles. The van der Waals surface area contributed by atoms with E-state index in [1.54, 1.807) is 12.1 Å². The number of piperidine rings is 1. The van der Waals surface area contributed by atoms with Gasteiger partial charge in [0.05, 0.1) is 12.1 Å². The van der Waals surface area contributed by atoms with E-state index in [1.165, 1.54) is 43.4 Å². The average molecular weight is 415 g/mol. The Hall–Kier alpha value is -2.30. The normalized spacial score (nSPS) is 22.1. The molecular weight excluding hydrogens is 382 g/mol. The monoisotopic (exact) mass is 414 g/mol. The predicted molar refractivity (Wildman–Crippen MR) is 118 cm³/mol. The molecule has 3 nitrogen and oxygen atoms in total. The molecule has 0 radical (unpaired) electrons. The molecule has 2 atom stereocenters. The Bertz CT molecular complexity index is 835. The summed E-state index contributed by atoms with van der Waals surface area (Å²) in [6.07, 6.45) is 9.01. The van der Waals surface area contributed by atoms with Gasteiger partial charge >= 0.3 is 0 Å². The second-order valence-corrected chi connectivity index (χ2v) is 8.18. The number of amidine groups is 1. The number of aliphatic imine (C=N–C) groups is 1. The first kappa shape index (κ1) is 22.4. The molecule has 3 aliphatic rings. The molecule has 2 unspecified atom stereocenters. The molecule has 0 N–H and O–H groups in total. The molecule has 4 rings (SSSR count). The molecule has 0 aromatic heterocycles. The molecule has 1 fully saturated rings. The van der Waals surface area contributed by atoms with Crippen LogP contribution in [0.25, 0.3) is 0 Å². The van der Waals surface area contributed by atoms with Crippen LogP contribution < -0.4 is 0 Å². The Labute approximate surface area is 178 Å². The van der Waals surface area contributed by atoms with Gasteiger partial charge in [0.15, 0.2) is 5.78 Å². The molecule has 1 aromatic carbocycles. The van der Waals surface area contributed by atoms with Gasteiger partial charge in [0.2, 0.25) is 0 Å². The highest BCUT2D eigenvalue weighted by Gasteiger charge is 2.43. The van der Waals surface area contributed by atoms with Gasteiger partial charge in [-0.05, 0) is 48.6 Å². The fourth-order valence-corrected chi connectivity index (χ4v) is 4.67. The Morgan fingerprint density at radius 3 is 2.37 bits per heavy atom. The van der Waals surface area contributed by atoms with Gasteiger partial charge < -0.3 is 4.90 Å². The molecule has 162 valence electrons. The Morgan fingerprint density at radius 2 is 1.77 bits per heavy atom. The van der Waals surface area contributed by atoms with Gasteiger partial charge in [0, 0.05) is 25.0 Å². The molecule has 2 aliphatic heterocycles. The summed E-state index contributed by atoms with van der Waals surface area (Å²) in [5.74, 6) is 1.22. The number of allylic oxidation sites excluding steroid dienone is 2. The average Bonchev–Trinajstić information content (AvgIpc) is 3.09. The van der Waals surface area contributed by atoms with Gasteiger partial charge in [-0.3, -0.25) is 9.79 Å². The largest absolute Gasteiger partial charge is 0.350 e. The second kappa shape index (κ2) is 10.1. The topological polar surface area (TPSA) is 32.7 Å². The van der Waals surface area contributed by atoms with Gasteiger partial charge in [0.1, 0.15) is 17.5 Å². The lowest BCUT2D eigenvalue weighted by molar-refractivity contribution is -0.117. The van der Waals surface area contributed by atoms with Crippen molar-refractivity contribution < 1.29 is 13.6 Å². The smallest absolute Gasteiger partial charge is 0.162 e. The first-order valence-electron chi connectivity index (χ1n) is 11.2. The van der Waals surface area contributed by atoms with Crippen LogP contribution in [-0.2, 0) is 4.79 Å². The number of benzene rings is 1. The number of rotatable bonds is 6. The molecule has 30 heavy (non-hydrogen) atoms. The minimum Gasteiger partial charge on any atom is -0.350 e. The van der Waals surface area contributed by atoms with Crippen molar-refractivity contribution in [1.29, 1.82) is 0 Å². The number of hydrogen-bond acceptors (Lipinski definition) is 3. The van der Waals surface area contributed by atoms with Gasteiger partial charge in [-0.1, -0.05) is 45.7 Å². The van der Waals surface area contributed by atoms with Crippen molar-refractivity contribution in [1.82, 2.24) is 4.90 Å². The maximum absolute atomic E-state index is 13.4. The summed E-state index contributed by atoms with van der Waals surface area (Å²) in [5, 5.41) is 0. The highest BCUT2D eigenvalue weighted by Crippen LogP contribution is 2.35. The molecule has 2 heterocycles. The molecular formula is C25H32F2N2O. The quantitative estimate of drug-likeness (QED) is 0.561. The van der Waals surface area contributed by atoms with E-state index in [-0.39, 0.29) is 29.5 Å². The number of Topliss-reactive ketones (excluding diaryl/α,β-unsaturated/α-hetero) is 1. The number of ketones is 1. The lowest BCUT2D eigenvalue weighted by atomic mass is 9.87. The first-order valence-corrected chi connectivity index (χ1v) is 11.2. The minimum absolute atomic E-state index is 0.0318. The summed E-state index contributed by atoms with van der Waals surface area (Å²) in [6.45, 7) is 7.16. The number of hydrogen-bond donors (Lipinski definition) is 0. The van der Waals surface area contributed by atoms with Crippen LogP contribution in [0.2, 0.25) is 0 Å². The van der Waals surface area contributed by atoms with Crippen molar-refractivity contribution >= 4 is 11.6 Å². The molecule has 0 saturated carbocycles. The van der Waals surface area contributed by atoms with Crippen LogP contribution in [0.3, 0.4) is 0 Å². The zero-order chi connectivity index (χ0) is 21.7. The minimum atomic E-state index is -0.326. The summed E-state index contributed by atoms with van der Waals surface area (Å²) in [7, 11) is 0. The molecule has 5 heteroatoms. The standard InChI is InChI=1S/C13H19F.C12H13FN2O/c1-3-5-11(6-4-2)12-7-9-13(14)10-8-12;1-2-11-14-9-6-7(13)5-8-10(16)3-4-15(11)12(8)9/h7-11H,3-6H2,1-2H3;5-6,9,12H,2-4H2,1H3. The zero-order valence-electron chi connectivity index (χ0n) is 18.2. The van der Waals surface area contributed by atoms with Gasteiger partial charge in [-0.25, -0.2) is 8.78 Å². The zero-order valence-corrected chi connectivity index (χ0v) is 18.2. The maximum Gasteiger partial charge on any atom is 0.162 e. The first-order chi connectivity index (χ1) is 14.5. The van der Waals surface area contributed by atoms with Crippen LogP contribution in [0.4, 0.5) is 8.78 Å². The summed E-state index contributed by atoms with van der Waals surface area (Å²) >= 11 is 0. The highest BCUT2D eigenvalue weighted by atomic mass is 19.1. The van der Waals surface area contributed by atoms with E-state index in [1.807, 2.05) is 19.1 Å². The van der Waals surface area contributed by atoms with Crippen LogP contribution in [-0.4, -0.2) is 35.1 Å². The van der Waals surface area contributed by atoms with Crippen LogP contribution in [0.5, 0.6) is 0 Å². The van der Waals surface area contributed by atoms with Crippen molar-refractivity contribution in [2.45, 2.75) is 77.3 Å². The fourth-order valence-electron chi connectivity index (χ4n) is 4.67. The molecule has 0 amide bonds. The van der Waals surface area contributed by atoms with Gasteiger partial charge in [-0.2, -0.15) is 0 Å². The predicted octanol–water partition coefficient (Wildman–Crippen LogP) is 6.12. The van der Waals surface area contributed by atoms with Crippen LogP contribution >= 0.6 is 0 Å². The van der Waals surface area contributed by atoms with Crippen molar-refractivity contribution in [2.75, 3.05) is 6.54 Å². The van der Waals surface area contributed by atoms with E-state index in [0.29, 0.717) is 17.9 Å². The third-order valence-corrected chi connectivity index (χ3v) is 6.06. The van der Waals surface area contributed by atoms with E-state index < -0.39 is 0 Å². The van der Waals surface area contributed by atoms with E-state index >= 15 is 0 Å². The lowest BCUT2D eigenvalue weighted by Gasteiger charge is -2.36. The second-order valence-electron chi connectivity index (χ2n) is 8.18. The summed E-state index contributed by atoms with van der Waals surface area (Å²) in [5.41, 5.74) is 1.89. The summed E-state index contributed by atoms with van der Waals surface area (Å²) in [4.78, 5) is 18.4. The SMILES string of the molecule is CCC1=NC2C=C(F)C=C3C(=O)CCN1C32.CCCC(CCC)c1ccc(F)cc1. The number of carbonyl (C=O) groups is 1. The van der Waals surface area contributed by atoms with Crippen molar-refractivity contribution in [2.24, 2.45) is 4.99 Å². The molecule has 0 bridgehead atoms. The fraction of sp³-hybridized carbons (Fsp3) is 0.520. The number of nitrogens with zero attached hydrogens (tertiary/aromatic N) is 2. The van der Waals surface area contributed by atoms with Crippen LogP contribution in [0.15, 0.2) is 52.8 Å². The van der Waals surface area contributed by atoms with E-state index in [9.17, 15) is 13.6 Å². The number of halogens is 2. The Balaban J connectivity index is 0.000000173. The van der Waals surface area contributed by atoms with E-state index in [0.717, 1.165) is 18.8 Å². The third kappa shape index (κ3) is 4.88. The maximum atomic E-state index is 13.4. The lowest BCUT2D eigenvalue weighted by Crippen LogP contribution is -2.48. The van der Waals surface area contributed by atoms with Gasteiger partial charge in [0.25, 0.3) is 0 Å². The highest BCUT2D eigenvalue weighted by molar-refractivity contribution is 6.01. The third-order valence-electron chi connectivity index (χ3n) is 6.06. The summed E-state index contributed by atoms with van der Waals surface area (Å²) in [6, 6.07) is 6.74. The van der Waals surface area contributed by atoms with Gasteiger partial charge in [-0.15, -0.1) is 0 Å². The Morgan fingerprint density at radius 1 is 1.10 bits per heavy atom.